The summed E-state index contributed by atoms with van der Waals surface area (Å²) in [6.07, 6.45) is 6.07. The van der Waals surface area contributed by atoms with Gasteiger partial charge in [-0.15, -0.1) is 0 Å². The van der Waals surface area contributed by atoms with E-state index in [4.69, 9.17) is 0 Å². The van der Waals surface area contributed by atoms with Crippen molar-refractivity contribution in [3.05, 3.63) is 29.8 Å². The van der Waals surface area contributed by atoms with Crippen LogP contribution >= 0.6 is 0 Å². The second kappa shape index (κ2) is 4.29. The molecule has 1 aliphatic rings. The van der Waals surface area contributed by atoms with Crippen LogP contribution in [0.2, 0.25) is 0 Å². The molecule has 2 N–H and O–H groups in total. The molecule has 94 valence electrons. The number of nitrogens with zero attached hydrogens (tertiary/aromatic N) is 4. The monoisotopic (exact) mass is 244 g/mol. The van der Waals surface area contributed by atoms with Gasteiger partial charge in [0.1, 0.15) is 11.6 Å². The van der Waals surface area contributed by atoms with E-state index in [1.165, 1.54) is 5.56 Å². The Kier molecular flexibility index (Phi) is 2.62. The summed E-state index contributed by atoms with van der Waals surface area (Å²) < 4.78 is 1.91. The third kappa shape index (κ3) is 1.90. The predicted octanol–water partition coefficient (Wildman–Crippen LogP) is 0.967. The molecular formula is C12H16N6. The smallest absolute Gasteiger partial charge is 0.144 e. The molecule has 0 aliphatic carbocycles. The molecule has 1 aliphatic heterocycles. The van der Waals surface area contributed by atoms with Gasteiger partial charge in [0.2, 0.25) is 0 Å². The summed E-state index contributed by atoms with van der Waals surface area (Å²) in [5.74, 6) is 1.94. The highest BCUT2D eigenvalue weighted by Crippen LogP contribution is 2.25. The Morgan fingerprint density at radius 3 is 3.11 bits per heavy atom. The van der Waals surface area contributed by atoms with E-state index in [1.807, 2.05) is 18.7 Å². The number of rotatable bonds is 2. The van der Waals surface area contributed by atoms with Gasteiger partial charge >= 0.3 is 0 Å². The Balaban J connectivity index is 1.77. The van der Waals surface area contributed by atoms with Crippen molar-refractivity contribution >= 4 is 11.6 Å². The Bertz CT molecular complexity index is 547. The Morgan fingerprint density at radius 1 is 1.44 bits per heavy atom. The maximum Gasteiger partial charge on any atom is 0.144 e. The molecule has 0 amide bonds. The number of aryl methyl sites for hydroxylation is 2. The summed E-state index contributed by atoms with van der Waals surface area (Å²) in [6, 6.07) is 0.317. The van der Waals surface area contributed by atoms with Gasteiger partial charge in [0, 0.05) is 37.6 Å². The molecule has 0 unspecified atom stereocenters. The second-order valence-corrected chi connectivity index (χ2v) is 4.55. The highest BCUT2D eigenvalue weighted by Gasteiger charge is 2.23. The second-order valence-electron chi connectivity index (χ2n) is 4.55. The van der Waals surface area contributed by atoms with Gasteiger partial charge in [0.05, 0.1) is 11.9 Å². The van der Waals surface area contributed by atoms with Crippen molar-refractivity contribution in [1.82, 2.24) is 19.7 Å². The molecular weight excluding hydrogens is 228 g/mol. The number of anilines is 2. The summed E-state index contributed by atoms with van der Waals surface area (Å²) in [6.45, 7) is 2.91. The lowest BCUT2D eigenvalue weighted by Crippen LogP contribution is -2.35. The van der Waals surface area contributed by atoms with Crippen LogP contribution in [0.25, 0.3) is 0 Å². The molecule has 2 aromatic rings. The molecule has 3 heterocycles. The Morgan fingerprint density at radius 2 is 2.33 bits per heavy atom. The van der Waals surface area contributed by atoms with Gasteiger partial charge in [0.25, 0.3) is 0 Å². The summed E-state index contributed by atoms with van der Waals surface area (Å²) in [5, 5.41) is 11.2. The zero-order valence-corrected chi connectivity index (χ0v) is 10.5. The van der Waals surface area contributed by atoms with Gasteiger partial charge in [-0.3, -0.25) is 9.67 Å². The fourth-order valence-corrected chi connectivity index (χ4v) is 2.39. The van der Waals surface area contributed by atoms with Gasteiger partial charge in [-0.25, -0.2) is 4.98 Å². The van der Waals surface area contributed by atoms with Crippen molar-refractivity contribution in [3.63, 3.8) is 0 Å². The molecule has 0 radical (unpaired) electrons. The van der Waals surface area contributed by atoms with E-state index >= 15 is 0 Å². The number of fused-ring (bicyclic) bond motifs is 1. The van der Waals surface area contributed by atoms with E-state index in [0.29, 0.717) is 6.04 Å². The standard InChI is InChI=1S/C12H16N6/c1-8-10-5-9(6-15-12(10)18(2)17-8)16-11-7-13-3-4-14-11/h3-4,7,9,15H,5-6H2,1-2H3,(H,14,16)/t9-/m0/s1. The molecule has 2 aromatic heterocycles. The first-order valence-electron chi connectivity index (χ1n) is 6.03. The van der Waals surface area contributed by atoms with Crippen molar-refractivity contribution in [2.45, 2.75) is 19.4 Å². The molecule has 0 aromatic carbocycles. The first-order valence-corrected chi connectivity index (χ1v) is 6.03. The predicted molar refractivity (Wildman–Crippen MR) is 69.6 cm³/mol. The molecule has 18 heavy (non-hydrogen) atoms. The Labute approximate surface area is 105 Å². The van der Waals surface area contributed by atoms with E-state index in [2.05, 4.69) is 25.7 Å². The van der Waals surface area contributed by atoms with Crippen molar-refractivity contribution < 1.29 is 0 Å². The van der Waals surface area contributed by atoms with Crippen molar-refractivity contribution in [1.29, 1.82) is 0 Å². The lowest BCUT2D eigenvalue weighted by Gasteiger charge is -2.25. The number of hydrogen-bond donors (Lipinski definition) is 2. The van der Waals surface area contributed by atoms with E-state index in [9.17, 15) is 0 Å². The summed E-state index contributed by atoms with van der Waals surface area (Å²) in [4.78, 5) is 8.29. The van der Waals surface area contributed by atoms with E-state index < -0.39 is 0 Å². The zero-order valence-electron chi connectivity index (χ0n) is 10.5. The molecule has 0 saturated carbocycles. The molecule has 0 saturated heterocycles. The average molecular weight is 244 g/mol. The fourth-order valence-electron chi connectivity index (χ4n) is 2.39. The summed E-state index contributed by atoms with van der Waals surface area (Å²) in [7, 11) is 1.97. The van der Waals surface area contributed by atoms with Crippen LogP contribution in [0, 0.1) is 6.92 Å². The summed E-state index contributed by atoms with van der Waals surface area (Å²) in [5.41, 5.74) is 2.37. The molecule has 6 heteroatoms. The van der Waals surface area contributed by atoms with Gasteiger partial charge in [-0.05, 0) is 13.3 Å². The quantitative estimate of drug-likeness (QED) is 0.824. The maximum atomic E-state index is 4.43. The van der Waals surface area contributed by atoms with Crippen LogP contribution in [0.3, 0.4) is 0 Å². The van der Waals surface area contributed by atoms with Crippen LogP contribution < -0.4 is 10.6 Å². The third-order valence-electron chi connectivity index (χ3n) is 3.23. The van der Waals surface area contributed by atoms with Crippen molar-refractivity contribution in [3.8, 4) is 0 Å². The Hall–Kier alpha value is -2.11. The lowest BCUT2D eigenvalue weighted by atomic mass is 10.0. The minimum absolute atomic E-state index is 0.317. The van der Waals surface area contributed by atoms with Gasteiger partial charge < -0.3 is 10.6 Å². The minimum Gasteiger partial charge on any atom is -0.368 e. The molecule has 6 nitrogen and oxygen atoms in total. The van der Waals surface area contributed by atoms with Crippen LogP contribution in [-0.4, -0.2) is 32.3 Å². The van der Waals surface area contributed by atoms with Crippen molar-refractivity contribution in [2.75, 3.05) is 17.2 Å². The normalized spacial score (nSPS) is 18.0. The number of aromatic nitrogens is 4. The minimum atomic E-state index is 0.317. The zero-order chi connectivity index (χ0) is 12.5. The highest BCUT2D eigenvalue weighted by molar-refractivity contribution is 5.52. The lowest BCUT2D eigenvalue weighted by molar-refractivity contribution is 0.698. The van der Waals surface area contributed by atoms with Crippen LogP contribution in [0.5, 0.6) is 0 Å². The third-order valence-corrected chi connectivity index (χ3v) is 3.23. The molecule has 3 rings (SSSR count). The van der Waals surface area contributed by atoms with E-state index in [1.54, 1.807) is 18.6 Å². The average Bonchev–Trinajstić information content (AvgIpc) is 2.66. The van der Waals surface area contributed by atoms with Gasteiger partial charge in [0.15, 0.2) is 0 Å². The van der Waals surface area contributed by atoms with E-state index in [0.717, 1.165) is 30.3 Å². The maximum absolute atomic E-state index is 4.43. The van der Waals surface area contributed by atoms with Crippen LogP contribution in [-0.2, 0) is 13.5 Å². The van der Waals surface area contributed by atoms with Crippen LogP contribution in [0.15, 0.2) is 18.6 Å². The first-order chi connectivity index (χ1) is 8.74. The highest BCUT2D eigenvalue weighted by atomic mass is 15.3. The van der Waals surface area contributed by atoms with E-state index in [-0.39, 0.29) is 0 Å². The first kappa shape index (κ1) is 11.0. The topological polar surface area (TPSA) is 67.7 Å². The number of nitrogens with one attached hydrogen (secondary N) is 2. The molecule has 0 fully saturated rings. The SMILES string of the molecule is Cc1nn(C)c2c1C[C@H](Nc1cnccn1)CN2. The fraction of sp³-hybridized carbons (Fsp3) is 0.417. The van der Waals surface area contributed by atoms with Gasteiger partial charge in [-0.1, -0.05) is 0 Å². The molecule has 1 atom stereocenters. The molecule has 0 spiro atoms. The number of hydrogen-bond acceptors (Lipinski definition) is 5. The largest absolute Gasteiger partial charge is 0.368 e. The van der Waals surface area contributed by atoms with Crippen molar-refractivity contribution in [2.24, 2.45) is 7.05 Å². The van der Waals surface area contributed by atoms with Crippen LogP contribution in [0.1, 0.15) is 11.3 Å². The molecule has 0 bridgehead atoms. The summed E-state index contributed by atoms with van der Waals surface area (Å²) >= 11 is 0. The van der Waals surface area contributed by atoms with Gasteiger partial charge in [-0.2, -0.15) is 5.10 Å². The van der Waals surface area contributed by atoms with Crippen LogP contribution in [0.4, 0.5) is 11.6 Å².